The summed E-state index contributed by atoms with van der Waals surface area (Å²) >= 11 is 0. The molecule has 0 aliphatic carbocycles. The lowest BCUT2D eigenvalue weighted by atomic mass is 10.8. The molecule has 0 aromatic heterocycles. The molecule has 5 heteroatoms. The van der Waals surface area contributed by atoms with Gasteiger partial charge in [-0.15, -0.1) is 0 Å². The predicted octanol–water partition coefficient (Wildman–Crippen LogP) is -0.856. The van der Waals surface area contributed by atoms with Gasteiger partial charge >= 0.3 is 6.09 Å². The number of hydrogen-bond donors (Lipinski definition) is 3. The first-order valence-corrected chi connectivity index (χ1v) is 2.08. The standard InChI is InChI=1S/C3H8N2O3/c4-1-2-8-5-3(6)7/h5H,1-2,4H2,(H,6,7). The summed E-state index contributed by atoms with van der Waals surface area (Å²) in [7, 11) is 0. The molecule has 48 valence electrons. The molecule has 0 rings (SSSR count). The molecule has 0 spiro atoms. The summed E-state index contributed by atoms with van der Waals surface area (Å²) in [6.07, 6.45) is -1.21. The monoisotopic (exact) mass is 120 g/mol. The maximum absolute atomic E-state index is 9.60. The first-order chi connectivity index (χ1) is 3.77. The highest BCUT2D eigenvalue weighted by atomic mass is 16.7. The van der Waals surface area contributed by atoms with Crippen LogP contribution in [0.4, 0.5) is 4.79 Å². The number of carbonyl (C=O) groups is 1. The molecule has 0 aromatic carbocycles. The van der Waals surface area contributed by atoms with E-state index in [4.69, 9.17) is 10.8 Å². The van der Waals surface area contributed by atoms with Gasteiger partial charge < -0.3 is 10.8 Å². The van der Waals surface area contributed by atoms with Gasteiger partial charge in [-0.05, 0) is 0 Å². The third kappa shape index (κ3) is 5.19. The second kappa shape index (κ2) is 4.35. The Morgan fingerprint density at radius 1 is 1.88 bits per heavy atom. The fraction of sp³-hybridized carbons (Fsp3) is 0.667. The zero-order chi connectivity index (χ0) is 6.41. The number of carboxylic acid groups (broad SMARTS) is 1. The topological polar surface area (TPSA) is 84.6 Å². The Labute approximate surface area is 46.4 Å². The third-order valence-corrected chi connectivity index (χ3v) is 0.379. The average Bonchev–Trinajstić information content (AvgIpc) is 1.66. The first-order valence-electron chi connectivity index (χ1n) is 2.08. The summed E-state index contributed by atoms with van der Waals surface area (Å²) in [6, 6.07) is 0. The van der Waals surface area contributed by atoms with E-state index >= 15 is 0 Å². The molecule has 0 radical (unpaired) electrons. The van der Waals surface area contributed by atoms with Gasteiger partial charge in [0.25, 0.3) is 0 Å². The highest BCUT2D eigenvalue weighted by Gasteiger charge is 1.89. The summed E-state index contributed by atoms with van der Waals surface area (Å²) in [6.45, 7) is 0.507. The lowest BCUT2D eigenvalue weighted by Gasteiger charge is -1.96. The van der Waals surface area contributed by atoms with Crippen LogP contribution in [-0.2, 0) is 4.84 Å². The first kappa shape index (κ1) is 7.19. The van der Waals surface area contributed by atoms with E-state index in [1.54, 1.807) is 5.48 Å². The van der Waals surface area contributed by atoms with Crippen LogP contribution in [0.25, 0.3) is 0 Å². The highest BCUT2D eigenvalue weighted by molar-refractivity contribution is 5.62. The van der Waals surface area contributed by atoms with E-state index in [0.29, 0.717) is 6.54 Å². The Morgan fingerprint density at radius 3 is 2.88 bits per heavy atom. The Kier molecular flexibility index (Phi) is 3.91. The van der Waals surface area contributed by atoms with E-state index in [9.17, 15) is 4.79 Å². The zero-order valence-electron chi connectivity index (χ0n) is 4.26. The van der Waals surface area contributed by atoms with Crippen LogP contribution in [0.5, 0.6) is 0 Å². The van der Waals surface area contributed by atoms with E-state index < -0.39 is 6.09 Å². The number of rotatable bonds is 3. The highest BCUT2D eigenvalue weighted by Crippen LogP contribution is 1.62. The van der Waals surface area contributed by atoms with Gasteiger partial charge in [-0.2, -0.15) is 5.48 Å². The minimum Gasteiger partial charge on any atom is -0.464 e. The SMILES string of the molecule is NCCONC(=O)O. The number of nitrogens with one attached hydrogen (secondary N) is 1. The minimum absolute atomic E-state index is 0.201. The second-order valence-electron chi connectivity index (χ2n) is 1.04. The van der Waals surface area contributed by atoms with E-state index in [1.807, 2.05) is 0 Å². The molecule has 1 amide bonds. The molecule has 0 bridgehead atoms. The average molecular weight is 120 g/mol. The molecule has 0 atom stereocenters. The van der Waals surface area contributed by atoms with Crippen molar-refractivity contribution >= 4 is 6.09 Å². The van der Waals surface area contributed by atoms with E-state index in [1.165, 1.54) is 0 Å². The number of hydrogen-bond acceptors (Lipinski definition) is 3. The van der Waals surface area contributed by atoms with Crippen molar-refractivity contribution in [1.82, 2.24) is 5.48 Å². The predicted molar refractivity (Wildman–Crippen MR) is 26.2 cm³/mol. The van der Waals surface area contributed by atoms with Crippen molar-refractivity contribution in [2.24, 2.45) is 5.73 Å². The molecule has 0 unspecified atom stereocenters. The number of hydroxylamine groups is 1. The van der Waals surface area contributed by atoms with Gasteiger partial charge in [0.15, 0.2) is 0 Å². The Balaban J connectivity index is 2.82. The summed E-state index contributed by atoms with van der Waals surface area (Å²) in [5.41, 5.74) is 6.64. The van der Waals surface area contributed by atoms with Crippen molar-refractivity contribution in [2.75, 3.05) is 13.2 Å². The van der Waals surface area contributed by atoms with Gasteiger partial charge in [-0.1, -0.05) is 0 Å². The van der Waals surface area contributed by atoms with Crippen molar-refractivity contribution in [3.63, 3.8) is 0 Å². The van der Waals surface area contributed by atoms with Gasteiger partial charge in [-0.3, -0.25) is 4.84 Å². The van der Waals surface area contributed by atoms with Gasteiger partial charge in [0, 0.05) is 6.54 Å². The van der Waals surface area contributed by atoms with Crippen LogP contribution in [0, 0.1) is 0 Å². The van der Waals surface area contributed by atoms with Crippen molar-refractivity contribution < 1.29 is 14.7 Å². The van der Waals surface area contributed by atoms with Gasteiger partial charge in [0.1, 0.15) is 0 Å². The third-order valence-electron chi connectivity index (χ3n) is 0.379. The summed E-state index contributed by atoms with van der Waals surface area (Å²) in [5, 5.41) is 7.86. The number of amides is 1. The fourth-order valence-electron chi connectivity index (χ4n) is 0.172. The van der Waals surface area contributed by atoms with Gasteiger partial charge in [0.05, 0.1) is 6.61 Å². The largest absolute Gasteiger partial charge is 0.464 e. The van der Waals surface area contributed by atoms with E-state index in [2.05, 4.69) is 4.84 Å². The van der Waals surface area contributed by atoms with Crippen LogP contribution in [0.15, 0.2) is 0 Å². The van der Waals surface area contributed by atoms with Crippen LogP contribution in [0.2, 0.25) is 0 Å². The maximum atomic E-state index is 9.60. The normalized spacial score (nSPS) is 8.62. The lowest BCUT2D eigenvalue weighted by Crippen LogP contribution is -2.24. The summed E-state index contributed by atoms with van der Waals surface area (Å²) in [4.78, 5) is 13.9. The Hall–Kier alpha value is -0.810. The number of nitrogens with two attached hydrogens (primary N) is 1. The van der Waals surface area contributed by atoms with Crippen LogP contribution < -0.4 is 11.2 Å². The Morgan fingerprint density at radius 2 is 2.50 bits per heavy atom. The summed E-state index contributed by atoms with van der Waals surface area (Å²) in [5.74, 6) is 0. The van der Waals surface area contributed by atoms with Gasteiger partial charge in [-0.25, -0.2) is 4.79 Å². The molecule has 0 saturated heterocycles. The molecule has 8 heavy (non-hydrogen) atoms. The van der Waals surface area contributed by atoms with Crippen LogP contribution in [0.1, 0.15) is 0 Å². The molecule has 0 heterocycles. The molecule has 4 N–H and O–H groups in total. The van der Waals surface area contributed by atoms with Crippen LogP contribution in [-0.4, -0.2) is 24.4 Å². The lowest BCUT2D eigenvalue weighted by molar-refractivity contribution is 0.0469. The van der Waals surface area contributed by atoms with Crippen molar-refractivity contribution in [2.45, 2.75) is 0 Å². The molecule has 0 aliphatic heterocycles. The van der Waals surface area contributed by atoms with Crippen molar-refractivity contribution in [3.05, 3.63) is 0 Å². The quantitative estimate of drug-likeness (QED) is 0.334. The fourth-order valence-corrected chi connectivity index (χ4v) is 0.172. The van der Waals surface area contributed by atoms with Crippen LogP contribution >= 0.6 is 0 Å². The molecule has 0 saturated carbocycles. The zero-order valence-corrected chi connectivity index (χ0v) is 4.26. The molecule has 0 fully saturated rings. The molecule has 0 aliphatic rings. The van der Waals surface area contributed by atoms with Gasteiger partial charge in [0.2, 0.25) is 0 Å². The van der Waals surface area contributed by atoms with Crippen molar-refractivity contribution in [3.8, 4) is 0 Å². The summed E-state index contributed by atoms with van der Waals surface area (Å²) < 4.78 is 0. The second-order valence-corrected chi connectivity index (χ2v) is 1.04. The van der Waals surface area contributed by atoms with E-state index in [-0.39, 0.29) is 6.61 Å². The van der Waals surface area contributed by atoms with Crippen molar-refractivity contribution in [1.29, 1.82) is 0 Å². The minimum atomic E-state index is -1.21. The molecular formula is C3H8N2O3. The smallest absolute Gasteiger partial charge is 0.428 e. The molecule has 0 aromatic rings. The maximum Gasteiger partial charge on any atom is 0.428 e. The molecular weight excluding hydrogens is 112 g/mol. The van der Waals surface area contributed by atoms with Crippen LogP contribution in [0.3, 0.4) is 0 Å². The Bertz CT molecular complexity index is 74.9. The molecule has 5 nitrogen and oxygen atoms in total. The van der Waals surface area contributed by atoms with E-state index in [0.717, 1.165) is 0 Å².